The number of aryl methyl sites for hydroxylation is 1. The molecule has 0 saturated heterocycles. The van der Waals surface area contributed by atoms with Gasteiger partial charge in [0.25, 0.3) is 0 Å². The SMILES string of the molecule is Cc1cc(C(=O)O)ccc1NC(=O)[C@H]1CCC2C3CC=C4C=C(C(=O)O)CC[C@]4(C)C3CC[C@@]21C. The molecule has 1 amide bonds. The van der Waals surface area contributed by atoms with Gasteiger partial charge in [0.2, 0.25) is 5.91 Å². The molecule has 3 unspecified atom stereocenters. The Bertz CT molecular complexity index is 1170. The minimum atomic E-state index is -0.972. The lowest BCUT2D eigenvalue weighted by atomic mass is 9.48. The van der Waals surface area contributed by atoms with E-state index >= 15 is 0 Å². The maximum Gasteiger partial charge on any atom is 0.335 e. The van der Waals surface area contributed by atoms with Crippen molar-refractivity contribution >= 4 is 23.5 Å². The topological polar surface area (TPSA) is 104 Å². The number of benzene rings is 1. The lowest BCUT2D eigenvalue weighted by Crippen LogP contribution is -2.50. The fourth-order valence-corrected chi connectivity index (χ4v) is 8.08. The van der Waals surface area contributed by atoms with E-state index in [0.29, 0.717) is 35.4 Å². The van der Waals surface area contributed by atoms with Crippen molar-refractivity contribution in [2.45, 2.75) is 65.7 Å². The van der Waals surface area contributed by atoms with Crippen LogP contribution >= 0.6 is 0 Å². The van der Waals surface area contributed by atoms with Crippen LogP contribution in [0.1, 0.15) is 74.7 Å². The van der Waals surface area contributed by atoms with Gasteiger partial charge in [0.05, 0.1) is 5.56 Å². The summed E-state index contributed by atoms with van der Waals surface area (Å²) >= 11 is 0. The predicted molar refractivity (Wildman–Crippen MR) is 133 cm³/mol. The molecule has 6 nitrogen and oxygen atoms in total. The number of fused-ring (bicyclic) bond motifs is 5. The Morgan fingerprint density at radius 1 is 1.00 bits per heavy atom. The second-order valence-electron chi connectivity index (χ2n) is 11.7. The van der Waals surface area contributed by atoms with E-state index in [4.69, 9.17) is 0 Å². The quantitative estimate of drug-likeness (QED) is 0.506. The number of carbonyl (C=O) groups is 3. The normalized spacial score (nSPS) is 35.6. The Kier molecular flexibility index (Phi) is 5.69. The van der Waals surface area contributed by atoms with Crippen molar-refractivity contribution in [2.24, 2.45) is 34.5 Å². The molecule has 1 aromatic carbocycles. The number of carbonyl (C=O) groups excluding carboxylic acids is 1. The van der Waals surface area contributed by atoms with E-state index in [9.17, 15) is 24.6 Å². The smallest absolute Gasteiger partial charge is 0.335 e. The van der Waals surface area contributed by atoms with Crippen molar-refractivity contribution in [1.29, 1.82) is 0 Å². The molecule has 0 aromatic heterocycles. The zero-order chi connectivity index (χ0) is 25.1. The van der Waals surface area contributed by atoms with Crippen LogP contribution in [0.3, 0.4) is 0 Å². The number of carboxylic acid groups (broad SMARTS) is 2. The van der Waals surface area contributed by atoms with E-state index in [1.807, 2.05) is 13.0 Å². The molecular formula is C29H35NO5. The van der Waals surface area contributed by atoms with Crippen LogP contribution in [0.15, 0.2) is 41.5 Å². The molecule has 2 fully saturated rings. The molecule has 2 saturated carbocycles. The summed E-state index contributed by atoms with van der Waals surface area (Å²) in [6.07, 6.45) is 10.7. The summed E-state index contributed by atoms with van der Waals surface area (Å²) in [5, 5.41) is 21.8. The molecule has 186 valence electrons. The third kappa shape index (κ3) is 3.73. The van der Waals surface area contributed by atoms with Gasteiger partial charge < -0.3 is 15.5 Å². The van der Waals surface area contributed by atoms with Gasteiger partial charge in [-0.2, -0.15) is 0 Å². The Labute approximate surface area is 206 Å². The monoisotopic (exact) mass is 477 g/mol. The predicted octanol–water partition coefficient (Wildman–Crippen LogP) is 5.83. The number of carboxylic acids is 2. The van der Waals surface area contributed by atoms with Gasteiger partial charge >= 0.3 is 11.9 Å². The molecule has 0 spiro atoms. The van der Waals surface area contributed by atoms with E-state index in [1.54, 1.807) is 12.1 Å². The largest absolute Gasteiger partial charge is 0.478 e. The number of allylic oxidation sites excluding steroid dienone is 3. The van der Waals surface area contributed by atoms with E-state index in [2.05, 4.69) is 25.2 Å². The van der Waals surface area contributed by atoms with Gasteiger partial charge in [-0.15, -0.1) is 0 Å². The molecule has 4 aliphatic rings. The van der Waals surface area contributed by atoms with Crippen molar-refractivity contribution in [1.82, 2.24) is 0 Å². The second kappa shape index (κ2) is 8.35. The molecule has 1 aromatic rings. The molecule has 5 rings (SSSR count). The summed E-state index contributed by atoms with van der Waals surface area (Å²) < 4.78 is 0. The van der Waals surface area contributed by atoms with E-state index in [-0.39, 0.29) is 28.2 Å². The van der Waals surface area contributed by atoms with Crippen LogP contribution in [0.2, 0.25) is 0 Å². The maximum absolute atomic E-state index is 13.5. The van der Waals surface area contributed by atoms with Gasteiger partial charge in [-0.1, -0.05) is 19.9 Å². The van der Waals surface area contributed by atoms with E-state index in [0.717, 1.165) is 44.1 Å². The van der Waals surface area contributed by atoms with Gasteiger partial charge in [-0.05, 0) is 116 Å². The Morgan fingerprint density at radius 2 is 1.77 bits per heavy atom. The first kappa shape index (κ1) is 23.8. The summed E-state index contributed by atoms with van der Waals surface area (Å²) in [5.41, 5.74) is 3.35. The Hall–Kier alpha value is -2.89. The van der Waals surface area contributed by atoms with Gasteiger partial charge in [-0.25, -0.2) is 9.59 Å². The lowest BCUT2D eigenvalue weighted by Gasteiger charge is -2.56. The van der Waals surface area contributed by atoms with Crippen molar-refractivity contribution in [2.75, 3.05) is 5.32 Å². The van der Waals surface area contributed by atoms with Crippen LogP contribution in [0.5, 0.6) is 0 Å². The Balaban J connectivity index is 1.36. The molecule has 0 aliphatic heterocycles. The van der Waals surface area contributed by atoms with Crippen molar-refractivity contribution in [3.63, 3.8) is 0 Å². The molecule has 3 N–H and O–H groups in total. The van der Waals surface area contributed by atoms with Crippen LogP contribution in [0.4, 0.5) is 5.69 Å². The average Bonchev–Trinajstić information content (AvgIpc) is 3.17. The number of rotatable bonds is 4. The molecular weight excluding hydrogens is 442 g/mol. The maximum atomic E-state index is 13.5. The fourth-order valence-electron chi connectivity index (χ4n) is 8.08. The highest BCUT2D eigenvalue weighted by Crippen LogP contribution is 2.66. The van der Waals surface area contributed by atoms with Crippen LogP contribution in [-0.2, 0) is 9.59 Å². The van der Waals surface area contributed by atoms with Crippen LogP contribution < -0.4 is 5.32 Å². The summed E-state index contributed by atoms with van der Waals surface area (Å²) in [6.45, 7) is 6.46. The standard InChI is InChI=1S/C29H35NO5/c1-16-14-17(26(32)33)4-9-24(16)30-25(31)23-8-7-21-20-6-5-19-15-18(27(34)35)10-12-28(19,2)22(20)11-13-29(21,23)3/h4-5,9,14-15,20-23H,6-8,10-13H2,1-3H3,(H,30,31)(H,32,33)(H,34,35)/t20?,21?,22?,23-,28+,29+/m1/s1. The second-order valence-corrected chi connectivity index (χ2v) is 11.7. The van der Waals surface area contributed by atoms with Crippen molar-refractivity contribution in [3.8, 4) is 0 Å². The number of nitrogens with one attached hydrogen (secondary N) is 1. The van der Waals surface area contributed by atoms with Crippen molar-refractivity contribution in [3.05, 3.63) is 52.6 Å². The molecule has 6 heteroatoms. The highest BCUT2D eigenvalue weighted by Gasteiger charge is 2.59. The van der Waals surface area contributed by atoms with Crippen LogP contribution in [-0.4, -0.2) is 28.1 Å². The molecule has 0 radical (unpaired) electrons. The molecule has 0 heterocycles. The highest BCUT2D eigenvalue weighted by atomic mass is 16.4. The highest BCUT2D eigenvalue weighted by molar-refractivity contribution is 5.95. The number of aliphatic carboxylic acids is 1. The zero-order valence-corrected chi connectivity index (χ0v) is 20.8. The lowest BCUT2D eigenvalue weighted by molar-refractivity contribution is -0.133. The summed E-state index contributed by atoms with van der Waals surface area (Å²) in [4.78, 5) is 36.3. The number of hydrogen-bond donors (Lipinski definition) is 3. The number of hydrogen-bond acceptors (Lipinski definition) is 3. The zero-order valence-electron chi connectivity index (χ0n) is 20.8. The molecule has 35 heavy (non-hydrogen) atoms. The molecule has 4 aliphatic carbocycles. The molecule has 6 atom stereocenters. The van der Waals surface area contributed by atoms with Gasteiger partial charge in [0.1, 0.15) is 0 Å². The third-order valence-corrected chi connectivity index (χ3v) is 10.1. The first-order chi connectivity index (χ1) is 16.5. The van der Waals surface area contributed by atoms with Gasteiger partial charge in [0.15, 0.2) is 0 Å². The third-order valence-electron chi connectivity index (χ3n) is 10.1. The summed E-state index contributed by atoms with van der Waals surface area (Å²) in [5.74, 6) is -0.258. The minimum absolute atomic E-state index is 0.0204. The first-order valence-electron chi connectivity index (χ1n) is 12.8. The Morgan fingerprint density at radius 3 is 2.46 bits per heavy atom. The first-order valence-corrected chi connectivity index (χ1v) is 12.8. The van der Waals surface area contributed by atoms with Crippen LogP contribution in [0.25, 0.3) is 0 Å². The summed E-state index contributed by atoms with van der Waals surface area (Å²) in [7, 11) is 0. The summed E-state index contributed by atoms with van der Waals surface area (Å²) in [6, 6.07) is 4.83. The number of anilines is 1. The minimum Gasteiger partial charge on any atom is -0.478 e. The number of amides is 1. The fraction of sp³-hybridized carbons (Fsp3) is 0.552. The average molecular weight is 478 g/mol. The van der Waals surface area contributed by atoms with Gasteiger partial charge in [-0.3, -0.25) is 4.79 Å². The van der Waals surface area contributed by atoms with Gasteiger partial charge in [0, 0.05) is 17.2 Å². The molecule has 0 bridgehead atoms. The van der Waals surface area contributed by atoms with E-state index in [1.165, 1.54) is 11.6 Å². The van der Waals surface area contributed by atoms with Crippen LogP contribution in [0, 0.1) is 41.4 Å². The van der Waals surface area contributed by atoms with E-state index < -0.39 is 11.9 Å². The van der Waals surface area contributed by atoms with Crippen molar-refractivity contribution < 1.29 is 24.6 Å². The number of aromatic carboxylic acids is 1.